The maximum absolute atomic E-state index is 12.4. The first kappa shape index (κ1) is 20.8. The van der Waals surface area contributed by atoms with E-state index in [1.54, 1.807) is 19.2 Å². The predicted molar refractivity (Wildman–Crippen MR) is 113 cm³/mol. The number of hydrogen-bond donors (Lipinski definition) is 1. The Labute approximate surface area is 171 Å². The molecule has 1 fully saturated rings. The molecule has 1 aliphatic heterocycles. The van der Waals surface area contributed by atoms with Crippen LogP contribution in [0.2, 0.25) is 0 Å². The Hall–Kier alpha value is -2.93. The van der Waals surface area contributed by atoms with Crippen LogP contribution in [-0.2, 0) is 16.0 Å². The lowest BCUT2D eigenvalue weighted by molar-refractivity contribution is -0.117. The van der Waals surface area contributed by atoms with E-state index in [4.69, 9.17) is 4.74 Å². The Balaban J connectivity index is 1.49. The van der Waals surface area contributed by atoms with Crippen LogP contribution in [0.15, 0.2) is 42.6 Å². The van der Waals surface area contributed by atoms with E-state index in [2.05, 4.69) is 27.0 Å². The second kappa shape index (κ2) is 10.0. The van der Waals surface area contributed by atoms with E-state index in [-0.39, 0.29) is 11.9 Å². The largest absolute Gasteiger partial charge is 0.462 e. The second-order valence-electron chi connectivity index (χ2n) is 6.95. The highest BCUT2D eigenvalue weighted by atomic mass is 16.5. The molecule has 0 bridgehead atoms. The Bertz CT molecular complexity index is 830. The first-order valence-electron chi connectivity index (χ1n) is 10.1. The summed E-state index contributed by atoms with van der Waals surface area (Å²) in [5.74, 6) is 0.488. The standard InChI is InChI=1S/C22H28N4O3/c1-3-17-7-5-6-8-19(17)24-21(27)16-25-11-13-26(14-12-25)20-10-9-18(15-23-20)22(28)29-4-2/h5-10,15H,3-4,11-14,16H2,1-2H3,(H,24,27). The molecule has 2 heterocycles. The lowest BCUT2D eigenvalue weighted by atomic mass is 10.1. The molecule has 7 heteroatoms. The highest BCUT2D eigenvalue weighted by Crippen LogP contribution is 2.17. The summed E-state index contributed by atoms with van der Waals surface area (Å²) in [5, 5.41) is 3.03. The number of aryl methyl sites for hydroxylation is 1. The Morgan fingerprint density at radius 1 is 1.07 bits per heavy atom. The molecule has 7 nitrogen and oxygen atoms in total. The summed E-state index contributed by atoms with van der Waals surface area (Å²) in [6.45, 7) is 7.71. The number of amides is 1. The highest BCUT2D eigenvalue weighted by Gasteiger charge is 2.20. The minimum absolute atomic E-state index is 0.0104. The van der Waals surface area contributed by atoms with Crippen molar-refractivity contribution in [2.24, 2.45) is 0 Å². The molecule has 0 unspecified atom stereocenters. The third kappa shape index (κ3) is 5.54. The van der Waals surface area contributed by atoms with Gasteiger partial charge in [-0.25, -0.2) is 9.78 Å². The van der Waals surface area contributed by atoms with Gasteiger partial charge in [0.05, 0.1) is 18.7 Å². The number of piperazine rings is 1. The van der Waals surface area contributed by atoms with Gasteiger partial charge in [-0.05, 0) is 37.1 Å². The number of ether oxygens (including phenoxy) is 1. The van der Waals surface area contributed by atoms with Crippen molar-refractivity contribution in [1.82, 2.24) is 9.88 Å². The van der Waals surface area contributed by atoms with Crippen LogP contribution in [0.3, 0.4) is 0 Å². The molecule has 0 aliphatic carbocycles. The fourth-order valence-corrected chi connectivity index (χ4v) is 3.39. The molecular formula is C22H28N4O3. The monoisotopic (exact) mass is 396 g/mol. The summed E-state index contributed by atoms with van der Waals surface area (Å²) in [6.07, 6.45) is 2.44. The molecule has 0 atom stereocenters. The number of aromatic nitrogens is 1. The molecule has 1 aliphatic rings. The summed E-state index contributed by atoms with van der Waals surface area (Å²) >= 11 is 0. The average molecular weight is 396 g/mol. The highest BCUT2D eigenvalue weighted by molar-refractivity contribution is 5.93. The molecule has 0 spiro atoms. The van der Waals surface area contributed by atoms with Crippen molar-refractivity contribution in [3.63, 3.8) is 0 Å². The fourth-order valence-electron chi connectivity index (χ4n) is 3.39. The molecule has 1 aromatic carbocycles. The van der Waals surface area contributed by atoms with Gasteiger partial charge in [0, 0.05) is 38.1 Å². The number of pyridine rings is 1. The van der Waals surface area contributed by atoms with Gasteiger partial charge in [0.25, 0.3) is 0 Å². The lowest BCUT2D eigenvalue weighted by Gasteiger charge is -2.35. The maximum Gasteiger partial charge on any atom is 0.339 e. The molecule has 1 amide bonds. The van der Waals surface area contributed by atoms with Gasteiger partial charge in [-0.1, -0.05) is 25.1 Å². The lowest BCUT2D eigenvalue weighted by Crippen LogP contribution is -2.49. The quantitative estimate of drug-likeness (QED) is 0.725. The summed E-state index contributed by atoms with van der Waals surface area (Å²) in [7, 11) is 0. The minimum Gasteiger partial charge on any atom is -0.462 e. The topological polar surface area (TPSA) is 74.8 Å². The van der Waals surface area contributed by atoms with E-state index < -0.39 is 0 Å². The predicted octanol–water partition coefficient (Wildman–Crippen LogP) is 2.58. The van der Waals surface area contributed by atoms with Gasteiger partial charge in [-0.3, -0.25) is 9.69 Å². The number of benzene rings is 1. The van der Waals surface area contributed by atoms with Crippen LogP contribution in [0.4, 0.5) is 11.5 Å². The summed E-state index contributed by atoms with van der Waals surface area (Å²) in [5.41, 5.74) is 2.49. The van der Waals surface area contributed by atoms with E-state index in [9.17, 15) is 9.59 Å². The van der Waals surface area contributed by atoms with Gasteiger partial charge < -0.3 is 15.0 Å². The van der Waals surface area contributed by atoms with Crippen molar-refractivity contribution in [2.45, 2.75) is 20.3 Å². The van der Waals surface area contributed by atoms with E-state index in [1.165, 1.54) is 0 Å². The zero-order chi connectivity index (χ0) is 20.6. The first-order valence-corrected chi connectivity index (χ1v) is 10.1. The molecule has 0 saturated carbocycles. The van der Waals surface area contributed by atoms with E-state index in [0.717, 1.165) is 49.7 Å². The maximum atomic E-state index is 12.4. The van der Waals surface area contributed by atoms with Gasteiger partial charge in [-0.15, -0.1) is 0 Å². The number of nitrogens with one attached hydrogen (secondary N) is 1. The number of nitrogens with zero attached hydrogens (tertiary/aromatic N) is 3. The van der Waals surface area contributed by atoms with Crippen LogP contribution in [0, 0.1) is 0 Å². The van der Waals surface area contributed by atoms with Gasteiger partial charge in [0.2, 0.25) is 5.91 Å². The van der Waals surface area contributed by atoms with Crippen molar-refractivity contribution < 1.29 is 14.3 Å². The van der Waals surface area contributed by atoms with Gasteiger partial charge >= 0.3 is 5.97 Å². The number of carbonyl (C=O) groups excluding carboxylic acids is 2. The zero-order valence-electron chi connectivity index (χ0n) is 17.1. The molecule has 1 aromatic heterocycles. The smallest absolute Gasteiger partial charge is 0.339 e. The number of esters is 1. The minimum atomic E-state index is -0.355. The normalized spacial score (nSPS) is 14.5. The summed E-state index contributed by atoms with van der Waals surface area (Å²) in [4.78, 5) is 32.9. The van der Waals surface area contributed by atoms with Crippen molar-refractivity contribution in [1.29, 1.82) is 0 Å². The van der Waals surface area contributed by atoms with Crippen LogP contribution < -0.4 is 10.2 Å². The number of rotatable bonds is 7. The fraction of sp³-hybridized carbons (Fsp3) is 0.409. The molecule has 0 radical (unpaired) electrons. The van der Waals surface area contributed by atoms with Gasteiger partial charge in [0.15, 0.2) is 0 Å². The van der Waals surface area contributed by atoms with Crippen molar-refractivity contribution in [3.05, 3.63) is 53.7 Å². The van der Waals surface area contributed by atoms with E-state index >= 15 is 0 Å². The van der Waals surface area contributed by atoms with Crippen LogP contribution >= 0.6 is 0 Å². The van der Waals surface area contributed by atoms with Crippen LogP contribution in [0.5, 0.6) is 0 Å². The molecule has 2 aromatic rings. The molecular weight excluding hydrogens is 368 g/mol. The Kier molecular flexibility index (Phi) is 7.19. The third-order valence-electron chi connectivity index (χ3n) is 4.99. The van der Waals surface area contributed by atoms with Crippen molar-refractivity contribution >= 4 is 23.4 Å². The Morgan fingerprint density at radius 2 is 1.83 bits per heavy atom. The molecule has 1 saturated heterocycles. The number of anilines is 2. The molecule has 1 N–H and O–H groups in total. The van der Waals surface area contributed by atoms with Gasteiger partial charge in [-0.2, -0.15) is 0 Å². The number of hydrogen-bond acceptors (Lipinski definition) is 6. The van der Waals surface area contributed by atoms with E-state index in [1.807, 2.05) is 30.3 Å². The molecule has 29 heavy (non-hydrogen) atoms. The van der Waals surface area contributed by atoms with Crippen LogP contribution in [-0.4, -0.2) is 61.1 Å². The third-order valence-corrected chi connectivity index (χ3v) is 4.99. The van der Waals surface area contributed by atoms with Crippen LogP contribution in [0.1, 0.15) is 29.8 Å². The molecule has 154 valence electrons. The van der Waals surface area contributed by atoms with Crippen molar-refractivity contribution in [2.75, 3.05) is 49.5 Å². The first-order chi connectivity index (χ1) is 14.1. The molecule has 3 rings (SSSR count). The second-order valence-corrected chi connectivity index (χ2v) is 6.95. The number of carbonyl (C=O) groups is 2. The summed E-state index contributed by atoms with van der Waals surface area (Å²) in [6, 6.07) is 11.5. The van der Waals surface area contributed by atoms with Crippen LogP contribution in [0.25, 0.3) is 0 Å². The average Bonchev–Trinajstić information content (AvgIpc) is 2.75. The van der Waals surface area contributed by atoms with Gasteiger partial charge in [0.1, 0.15) is 5.82 Å². The van der Waals surface area contributed by atoms with Crippen molar-refractivity contribution in [3.8, 4) is 0 Å². The van der Waals surface area contributed by atoms with E-state index in [0.29, 0.717) is 18.7 Å². The SMILES string of the molecule is CCOC(=O)c1ccc(N2CCN(CC(=O)Nc3ccccc3CC)CC2)nc1. The number of para-hydroxylation sites is 1. The zero-order valence-corrected chi connectivity index (χ0v) is 17.1. The summed E-state index contributed by atoms with van der Waals surface area (Å²) < 4.78 is 4.98. The Morgan fingerprint density at radius 3 is 2.48 bits per heavy atom.